The third kappa shape index (κ3) is 2.87. The van der Waals surface area contributed by atoms with Gasteiger partial charge in [0.05, 0.1) is 15.1 Å². The van der Waals surface area contributed by atoms with Crippen molar-refractivity contribution in [1.29, 1.82) is 0 Å². The van der Waals surface area contributed by atoms with Crippen LogP contribution in [0.2, 0.25) is 5.02 Å². The smallest absolute Gasteiger partial charge is 0.345 e. The van der Waals surface area contributed by atoms with E-state index >= 15 is 0 Å². The third-order valence-corrected chi connectivity index (χ3v) is 3.12. The molecule has 17 heavy (non-hydrogen) atoms. The second kappa shape index (κ2) is 5.34. The lowest BCUT2D eigenvalue weighted by Gasteiger charge is -2.06. The summed E-state index contributed by atoms with van der Waals surface area (Å²) in [6.07, 6.45) is 0. The monoisotopic (exact) mass is 310 g/mol. The Balaban J connectivity index is 2.24. The summed E-state index contributed by atoms with van der Waals surface area (Å²) in [5, 5.41) is 0.379. The topological polar surface area (TPSA) is 26.3 Å². The molecule has 0 atom stereocenters. The Morgan fingerprint density at radius 3 is 2.41 bits per heavy atom. The number of carbonyl (C=O) groups excluding carboxylic acids is 1. The summed E-state index contributed by atoms with van der Waals surface area (Å²) < 4.78 is 5.96. The van der Waals surface area contributed by atoms with E-state index in [1.165, 1.54) is 0 Å². The van der Waals surface area contributed by atoms with Gasteiger partial charge in [0.1, 0.15) is 5.75 Å². The highest BCUT2D eigenvalue weighted by Gasteiger charge is 2.13. The van der Waals surface area contributed by atoms with Gasteiger partial charge in [0.2, 0.25) is 0 Å². The fourth-order valence-electron chi connectivity index (χ4n) is 1.31. The first-order valence-corrected chi connectivity index (χ1v) is 6.07. The fourth-order valence-corrected chi connectivity index (χ4v) is 1.89. The minimum atomic E-state index is -0.470. The molecule has 0 N–H and O–H groups in total. The normalized spacial score (nSPS) is 10.0. The van der Waals surface area contributed by atoms with Crippen LogP contribution in [0.3, 0.4) is 0 Å². The summed E-state index contributed by atoms with van der Waals surface area (Å²) in [6.45, 7) is 0. The Bertz CT molecular complexity index is 555. The minimum Gasteiger partial charge on any atom is -0.422 e. The van der Waals surface area contributed by atoms with E-state index < -0.39 is 5.97 Å². The number of halogens is 2. The Morgan fingerprint density at radius 1 is 1.06 bits per heavy atom. The molecule has 0 fully saturated rings. The van der Waals surface area contributed by atoms with Gasteiger partial charge in [0, 0.05) is 0 Å². The van der Waals surface area contributed by atoms with Crippen LogP contribution in [0.25, 0.3) is 0 Å². The van der Waals surface area contributed by atoms with Gasteiger partial charge in [-0.2, -0.15) is 0 Å². The van der Waals surface area contributed by atoms with E-state index in [1.807, 2.05) is 6.07 Å². The molecule has 0 saturated carbocycles. The third-order valence-electron chi connectivity index (χ3n) is 2.13. The summed E-state index contributed by atoms with van der Waals surface area (Å²) in [7, 11) is 0. The van der Waals surface area contributed by atoms with Crippen LogP contribution in [0, 0.1) is 0 Å². The van der Waals surface area contributed by atoms with Gasteiger partial charge in [-0.05, 0) is 40.2 Å². The van der Waals surface area contributed by atoms with E-state index in [1.54, 1.807) is 42.5 Å². The molecule has 0 aliphatic rings. The maximum absolute atomic E-state index is 11.9. The first kappa shape index (κ1) is 12.1. The first-order chi connectivity index (χ1) is 8.18. The number of rotatable bonds is 2. The number of para-hydroxylation sites is 1. The van der Waals surface area contributed by atoms with Crippen LogP contribution in [0.1, 0.15) is 10.4 Å². The molecule has 0 spiro atoms. The highest BCUT2D eigenvalue weighted by Crippen LogP contribution is 2.25. The fraction of sp³-hybridized carbons (Fsp3) is 0. The molecule has 0 aromatic heterocycles. The lowest BCUT2D eigenvalue weighted by Crippen LogP contribution is -2.09. The van der Waals surface area contributed by atoms with Crippen molar-refractivity contribution < 1.29 is 9.53 Å². The van der Waals surface area contributed by atoms with Gasteiger partial charge in [0.15, 0.2) is 0 Å². The van der Waals surface area contributed by atoms with E-state index in [4.69, 9.17) is 16.3 Å². The zero-order valence-electron chi connectivity index (χ0n) is 8.69. The van der Waals surface area contributed by atoms with Gasteiger partial charge in [-0.25, -0.2) is 4.79 Å². The SMILES string of the molecule is O=C(Oc1ccccc1Br)c1ccccc1Cl. The van der Waals surface area contributed by atoms with Crippen molar-refractivity contribution >= 4 is 33.5 Å². The molecule has 0 aliphatic heterocycles. The number of hydrogen-bond donors (Lipinski definition) is 0. The van der Waals surface area contributed by atoms with Crippen molar-refractivity contribution in [2.45, 2.75) is 0 Å². The van der Waals surface area contributed by atoms with Gasteiger partial charge in [0.25, 0.3) is 0 Å². The summed E-state index contributed by atoms with van der Waals surface area (Å²) >= 11 is 9.22. The average Bonchev–Trinajstić information content (AvgIpc) is 2.32. The molecule has 0 radical (unpaired) electrons. The van der Waals surface area contributed by atoms with Crippen molar-refractivity contribution in [2.75, 3.05) is 0 Å². The molecule has 2 nitrogen and oxygen atoms in total. The number of carbonyl (C=O) groups is 1. The largest absolute Gasteiger partial charge is 0.422 e. The van der Waals surface area contributed by atoms with Crippen molar-refractivity contribution in [3.05, 3.63) is 63.6 Å². The molecular formula is C13H8BrClO2. The Hall–Kier alpha value is -1.32. The highest BCUT2D eigenvalue weighted by atomic mass is 79.9. The lowest BCUT2D eigenvalue weighted by atomic mass is 10.2. The molecular weight excluding hydrogens is 303 g/mol. The Kier molecular flexibility index (Phi) is 3.82. The quantitative estimate of drug-likeness (QED) is 0.610. The van der Waals surface area contributed by atoms with Crippen molar-refractivity contribution in [3.63, 3.8) is 0 Å². The zero-order chi connectivity index (χ0) is 12.3. The van der Waals surface area contributed by atoms with Crippen LogP contribution in [0.4, 0.5) is 0 Å². The van der Waals surface area contributed by atoms with Crippen LogP contribution >= 0.6 is 27.5 Å². The molecule has 86 valence electrons. The molecule has 4 heteroatoms. The van der Waals surface area contributed by atoms with Crippen molar-refractivity contribution in [3.8, 4) is 5.75 Å². The number of benzene rings is 2. The Labute approximate surface area is 112 Å². The first-order valence-electron chi connectivity index (χ1n) is 4.90. The van der Waals surface area contributed by atoms with E-state index in [2.05, 4.69) is 15.9 Å². The van der Waals surface area contributed by atoms with Gasteiger partial charge >= 0.3 is 5.97 Å². The van der Waals surface area contributed by atoms with E-state index in [0.29, 0.717) is 16.3 Å². The second-order valence-corrected chi connectivity index (χ2v) is 4.56. The van der Waals surface area contributed by atoms with Crippen LogP contribution in [0.5, 0.6) is 5.75 Å². The maximum Gasteiger partial charge on any atom is 0.345 e. The van der Waals surface area contributed by atoms with E-state index in [0.717, 1.165) is 4.47 Å². The predicted octanol–water partition coefficient (Wildman–Crippen LogP) is 4.32. The molecule has 2 rings (SSSR count). The summed E-state index contributed by atoms with van der Waals surface area (Å²) in [4.78, 5) is 11.9. The molecule has 0 unspecified atom stereocenters. The van der Waals surface area contributed by atoms with Gasteiger partial charge in [-0.15, -0.1) is 0 Å². The molecule has 0 aliphatic carbocycles. The summed E-state index contributed by atoms with van der Waals surface area (Å²) in [5.74, 6) is -0.0000743. The molecule has 2 aromatic carbocycles. The zero-order valence-corrected chi connectivity index (χ0v) is 11.0. The number of esters is 1. The van der Waals surface area contributed by atoms with Crippen LogP contribution in [0.15, 0.2) is 53.0 Å². The lowest BCUT2D eigenvalue weighted by molar-refractivity contribution is 0.0734. The van der Waals surface area contributed by atoms with Gasteiger partial charge in [-0.1, -0.05) is 35.9 Å². The van der Waals surface area contributed by atoms with Crippen LogP contribution < -0.4 is 4.74 Å². The summed E-state index contributed by atoms with van der Waals surface area (Å²) in [6, 6.07) is 13.9. The minimum absolute atomic E-state index is 0.352. The van der Waals surface area contributed by atoms with Crippen molar-refractivity contribution in [1.82, 2.24) is 0 Å². The maximum atomic E-state index is 11.9. The predicted molar refractivity (Wildman–Crippen MR) is 70.6 cm³/mol. The van der Waals surface area contributed by atoms with Crippen LogP contribution in [-0.4, -0.2) is 5.97 Å². The standard InChI is InChI=1S/C13H8BrClO2/c14-10-6-2-4-8-12(10)17-13(16)9-5-1-3-7-11(9)15/h1-8H. The van der Waals surface area contributed by atoms with Gasteiger partial charge in [-0.3, -0.25) is 0 Å². The number of hydrogen-bond acceptors (Lipinski definition) is 2. The molecule has 0 amide bonds. The summed E-state index contributed by atoms with van der Waals surface area (Å²) in [5.41, 5.74) is 0.352. The van der Waals surface area contributed by atoms with Crippen LogP contribution in [-0.2, 0) is 0 Å². The van der Waals surface area contributed by atoms with Gasteiger partial charge < -0.3 is 4.74 Å². The molecule has 0 saturated heterocycles. The van der Waals surface area contributed by atoms with Crippen molar-refractivity contribution in [2.24, 2.45) is 0 Å². The second-order valence-electron chi connectivity index (χ2n) is 3.30. The molecule has 2 aromatic rings. The van der Waals surface area contributed by atoms with E-state index in [9.17, 15) is 4.79 Å². The Morgan fingerprint density at radius 2 is 1.71 bits per heavy atom. The van der Waals surface area contributed by atoms with E-state index in [-0.39, 0.29) is 0 Å². The average molecular weight is 312 g/mol. The highest BCUT2D eigenvalue weighted by molar-refractivity contribution is 9.10. The molecule has 0 heterocycles. The number of ether oxygens (including phenoxy) is 1. The molecule has 0 bridgehead atoms.